The molecule has 4 aliphatic rings. The van der Waals surface area contributed by atoms with Crippen LogP contribution >= 0.6 is 0 Å². The van der Waals surface area contributed by atoms with Crippen LogP contribution in [-0.4, -0.2) is 94.7 Å². The third-order valence-corrected chi connectivity index (χ3v) is 10.1. The molecule has 1 amide bonds. The maximum atomic E-state index is 15.4. The summed E-state index contributed by atoms with van der Waals surface area (Å²) >= 11 is 0. The molecule has 1 aliphatic carbocycles. The minimum absolute atomic E-state index is 0.165. The summed E-state index contributed by atoms with van der Waals surface area (Å²) in [5, 5.41) is 24.9. The molecule has 1 saturated heterocycles. The van der Waals surface area contributed by atoms with Gasteiger partial charge in [-0.2, -0.15) is 0 Å². The van der Waals surface area contributed by atoms with Crippen molar-refractivity contribution >= 4 is 28.7 Å². The number of aliphatic hydroxyl groups is 2. The Morgan fingerprint density at radius 3 is 2.56 bits per heavy atom. The zero-order chi connectivity index (χ0) is 33.7. The van der Waals surface area contributed by atoms with Crippen molar-refractivity contribution in [3.05, 3.63) is 88.4 Å². The van der Waals surface area contributed by atoms with Crippen LogP contribution in [0, 0.1) is 11.2 Å². The van der Waals surface area contributed by atoms with Crippen LogP contribution in [-0.2, 0) is 26.0 Å². The lowest BCUT2D eigenvalue weighted by Crippen LogP contribution is -2.47. The van der Waals surface area contributed by atoms with E-state index in [1.165, 1.54) is 23.4 Å². The van der Waals surface area contributed by atoms with Crippen molar-refractivity contribution in [2.75, 3.05) is 68.1 Å². The molecule has 7 rings (SSSR count). The number of likely N-dealkylation sites (N-methyl/N-ethyl adjacent to an activating group) is 1. The second-order valence-corrected chi connectivity index (χ2v) is 14.0. The van der Waals surface area contributed by atoms with Crippen molar-refractivity contribution in [2.24, 2.45) is 5.41 Å². The van der Waals surface area contributed by atoms with E-state index < -0.39 is 18.7 Å². The quantitative estimate of drug-likeness (QED) is 0.334. The fourth-order valence-corrected chi connectivity index (χ4v) is 7.61. The van der Waals surface area contributed by atoms with E-state index in [0.29, 0.717) is 59.2 Å². The number of allylic oxidation sites excluding steroid dienone is 2. The number of piperazine rings is 1. The number of benzene rings is 1. The zero-order valence-corrected chi connectivity index (χ0v) is 27.7. The highest BCUT2D eigenvalue weighted by atomic mass is 19.1. The van der Waals surface area contributed by atoms with Gasteiger partial charge in [-0.15, -0.1) is 0 Å². The third-order valence-electron chi connectivity index (χ3n) is 10.1. The number of hydrogen-bond acceptors (Lipinski definition) is 8. The molecule has 0 spiro atoms. The summed E-state index contributed by atoms with van der Waals surface area (Å²) in [7, 11) is 1.71. The Morgan fingerprint density at radius 2 is 1.85 bits per heavy atom. The molecule has 10 nitrogen and oxygen atoms in total. The van der Waals surface area contributed by atoms with Crippen LogP contribution in [0.5, 0.6) is 0 Å². The molecule has 1 unspecified atom stereocenters. The van der Waals surface area contributed by atoms with Gasteiger partial charge in [0.25, 0.3) is 5.91 Å². The van der Waals surface area contributed by atoms with Gasteiger partial charge in [-0.3, -0.25) is 9.69 Å². The Labute approximate surface area is 279 Å². The molecule has 48 heavy (non-hydrogen) atoms. The Balaban J connectivity index is 1.13. The maximum Gasteiger partial charge on any atom is 0.274 e. The van der Waals surface area contributed by atoms with E-state index in [4.69, 9.17) is 0 Å². The molecule has 0 bridgehead atoms. The number of carbonyl (C=O) groups excluding carboxylic acids is 1. The van der Waals surface area contributed by atoms with E-state index in [0.717, 1.165) is 44.7 Å². The van der Waals surface area contributed by atoms with Crippen molar-refractivity contribution in [1.82, 2.24) is 19.4 Å². The monoisotopic (exact) mass is 659 g/mol. The van der Waals surface area contributed by atoms with Crippen molar-refractivity contribution in [2.45, 2.75) is 46.1 Å². The standard InChI is InChI=1S/C36H43F2N7O3/c1-36(2)18-23-15-31-35(48)45(13-12-44(31)32(23)19-36)30-17-25(38)16-27(28(30)22-46)24-14-29(34(47)41(3)21-24)40-33-5-4-26(20-39-33)43-10-8-42(7-6-37)9-11-43/h4-5,14-17,20-21,34,46-47H,6-13,18-19,22H2,1-3H3,(H,39,40). The molecule has 254 valence electrons. The van der Waals surface area contributed by atoms with Gasteiger partial charge in [0.05, 0.1) is 29.9 Å². The van der Waals surface area contributed by atoms with Gasteiger partial charge < -0.3 is 34.8 Å². The first-order valence-electron chi connectivity index (χ1n) is 16.6. The molecule has 2 aromatic heterocycles. The molecular formula is C36H43F2N7O3. The lowest BCUT2D eigenvalue weighted by molar-refractivity contribution is 0.0878. The summed E-state index contributed by atoms with van der Waals surface area (Å²) in [4.78, 5) is 25.9. The van der Waals surface area contributed by atoms with Crippen molar-refractivity contribution in [3.63, 3.8) is 0 Å². The Bertz CT molecular complexity index is 1780. The van der Waals surface area contributed by atoms with Crippen LogP contribution in [0.4, 0.5) is 26.0 Å². The number of fused-ring (bicyclic) bond motifs is 3. The highest BCUT2D eigenvalue weighted by Gasteiger charge is 2.37. The number of amides is 1. The summed E-state index contributed by atoms with van der Waals surface area (Å²) in [6.07, 6.45) is 6.00. The molecular weight excluding hydrogens is 616 g/mol. The molecule has 3 aromatic rings. The molecule has 5 heterocycles. The Hall–Kier alpha value is -4.26. The van der Waals surface area contributed by atoms with Gasteiger partial charge in [0.1, 0.15) is 24.0 Å². The predicted molar refractivity (Wildman–Crippen MR) is 182 cm³/mol. The first-order valence-corrected chi connectivity index (χ1v) is 16.6. The number of pyridine rings is 1. The number of rotatable bonds is 8. The zero-order valence-electron chi connectivity index (χ0n) is 27.7. The lowest BCUT2D eigenvalue weighted by atomic mass is 9.90. The topological polar surface area (TPSA) is 100 Å². The number of anilines is 3. The second-order valence-electron chi connectivity index (χ2n) is 14.0. The van der Waals surface area contributed by atoms with Gasteiger partial charge in [0, 0.05) is 75.9 Å². The first kappa shape index (κ1) is 32.3. The SMILES string of the molecule is CN1C=C(c2cc(F)cc(N3CCn4c(cc5c4CC(C)(C)C5)C3=O)c2CO)C=C(Nc2ccc(N3CCN(CCF)CC3)cn2)C1O. The second kappa shape index (κ2) is 12.6. The minimum Gasteiger partial charge on any atom is -0.392 e. The Kier molecular flexibility index (Phi) is 8.51. The maximum absolute atomic E-state index is 15.4. The van der Waals surface area contributed by atoms with E-state index in [1.54, 1.807) is 35.3 Å². The predicted octanol–water partition coefficient (Wildman–Crippen LogP) is 3.99. The van der Waals surface area contributed by atoms with E-state index in [9.17, 15) is 19.4 Å². The molecule has 3 N–H and O–H groups in total. The minimum atomic E-state index is -1.02. The van der Waals surface area contributed by atoms with E-state index in [2.05, 4.69) is 38.5 Å². The van der Waals surface area contributed by atoms with Crippen LogP contribution < -0.4 is 15.1 Å². The smallest absolute Gasteiger partial charge is 0.274 e. The number of aliphatic hydroxyl groups excluding tert-OH is 2. The number of nitrogens with one attached hydrogen (secondary N) is 1. The molecule has 0 radical (unpaired) electrons. The number of halogens is 2. The summed E-state index contributed by atoms with van der Waals surface area (Å²) in [6.45, 7) is 8.29. The molecule has 1 aromatic carbocycles. The summed E-state index contributed by atoms with van der Waals surface area (Å²) in [5.41, 5.74) is 6.32. The van der Waals surface area contributed by atoms with Crippen LogP contribution in [0.2, 0.25) is 0 Å². The summed E-state index contributed by atoms with van der Waals surface area (Å²) < 4.78 is 30.2. The Morgan fingerprint density at radius 1 is 1.06 bits per heavy atom. The molecule has 3 aliphatic heterocycles. The number of hydrogen-bond donors (Lipinski definition) is 3. The largest absolute Gasteiger partial charge is 0.392 e. The number of nitrogens with zero attached hydrogens (tertiary/aromatic N) is 6. The van der Waals surface area contributed by atoms with Crippen LogP contribution in [0.3, 0.4) is 0 Å². The fourth-order valence-electron chi connectivity index (χ4n) is 7.61. The van der Waals surface area contributed by atoms with Crippen LogP contribution in [0.1, 0.15) is 46.7 Å². The van der Waals surface area contributed by atoms with E-state index >= 15 is 4.39 Å². The van der Waals surface area contributed by atoms with Gasteiger partial charge in [0.15, 0.2) is 6.23 Å². The van der Waals surface area contributed by atoms with E-state index in [-0.39, 0.29) is 18.0 Å². The normalized spacial score (nSPS) is 20.9. The molecule has 1 atom stereocenters. The van der Waals surface area contributed by atoms with Gasteiger partial charge >= 0.3 is 0 Å². The van der Waals surface area contributed by atoms with E-state index in [1.807, 2.05) is 18.2 Å². The van der Waals surface area contributed by atoms with Crippen molar-refractivity contribution in [1.29, 1.82) is 0 Å². The van der Waals surface area contributed by atoms with Gasteiger partial charge in [-0.25, -0.2) is 13.8 Å². The van der Waals surface area contributed by atoms with Gasteiger partial charge in [-0.05, 0) is 65.8 Å². The summed E-state index contributed by atoms with van der Waals surface area (Å²) in [6, 6.07) is 8.45. The van der Waals surface area contributed by atoms with Crippen molar-refractivity contribution < 1.29 is 23.8 Å². The number of carbonyl (C=O) groups is 1. The highest BCUT2D eigenvalue weighted by Crippen LogP contribution is 2.41. The fraction of sp³-hybridized carbons (Fsp3) is 0.444. The number of alkyl halides is 1. The summed E-state index contributed by atoms with van der Waals surface area (Å²) in [5.74, 6) is -0.219. The van der Waals surface area contributed by atoms with Crippen LogP contribution in [0.15, 0.2) is 54.5 Å². The third kappa shape index (κ3) is 5.97. The highest BCUT2D eigenvalue weighted by molar-refractivity contribution is 6.07. The lowest BCUT2D eigenvalue weighted by Gasteiger charge is -2.35. The molecule has 12 heteroatoms. The van der Waals surface area contributed by atoms with Crippen LogP contribution in [0.25, 0.3) is 5.57 Å². The molecule has 0 saturated carbocycles. The molecule has 1 fully saturated rings. The number of aromatic nitrogens is 2. The van der Waals surface area contributed by atoms with Gasteiger partial charge in [0.2, 0.25) is 0 Å². The first-order chi connectivity index (χ1) is 23.0. The van der Waals surface area contributed by atoms with Crippen molar-refractivity contribution in [3.8, 4) is 0 Å². The average molecular weight is 660 g/mol. The van der Waals surface area contributed by atoms with Gasteiger partial charge in [-0.1, -0.05) is 13.8 Å². The average Bonchev–Trinajstić information content (AvgIpc) is 3.56.